The molecular formula is C11H18N8S. The maximum atomic E-state index is 5.54. The zero-order valence-electron chi connectivity index (χ0n) is 12.2. The average molecular weight is 294 g/mol. The highest BCUT2D eigenvalue weighted by atomic mass is 32.2. The first-order valence-electron chi connectivity index (χ1n) is 6.09. The first kappa shape index (κ1) is 14.7. The molecule has 0 spiro atoms. The van der Waals surface area contributed by atoms with Gasteiger partial charge in [-0.25, -0.2) is 20.5 Å². The van der Waals surface area contributed by atoms with E-state index in [0.29, 0.717) is 16.8 Å². The third-order valence-corrected chi connectivity index (χ3v) is 3.80. The molecule has 0 aliphatic carbocycles. The maximum Gasteiger partial charge on any atom is 0.215 e. The van der Waals surface area contributed by atoms with Crippen LogP contribution in [-0.2, 0) is 12.5 Å². The van der Waals surface area contributed by atoms with Gasteiger partial charge in [-0.1, -0.05) is 20.8 Å². The molecule has 0 aliphatic heterocycles. The van der Waals surface area contributed by atoms with E-state index in [9.17, 15) is 0 Å². The molecule has 0 saturated heterocycles. The zero-order chi connectivity index (χ0) is 14.9. The minimum absolute atomic E-state index is 0.174. The Bertz CT molecular complexity index is 615. The van der Waals surface area contributed by atoms with E-state index in [-0.39, 0.29) is 5.41 Å². The summed E-state index contributed by atoms with van der Waals surface area (Å²) < 4.78 is 1.60. The Morgan fingerprint density at radius 2 is 1.95 bits per heavy atom. The lowest BCUT2D eigenvalue weighted by molar-refractivity contribution is 0.538. The van der Waals surface area contributed by atoms with E-state index in [1.807, 2.05) is 6.92 Å². The van der Waals surface area contributed by atoms with E-state index >= 15 is 0 Å². The van der Waals surface area contributed by atoms with Crippen molar-refractivity contribution in [3.8, 4) is 0 Å². The molecule has 0 bridgehead atoms. The van der Waals surface area contributed by atoms with Crippen molar-refractivity contribution in [2.75, 3.05) is 5.43 Å². The Morgan fingerprint density at radius 3 is 2.45 bits per heavy atom. The fourth-order valence-electron chi connectivity index (χ4n) is 1.47. The lowest BCUT2D eigenvalue weighted by Crippen LogP contribution is -2.20. The SMILES string of the molecule is Cc1c(NN)nc(C(C)(C)C)nc1Sc1nnnn1C. The Kier molecular flexibility index (Phi) is 3.91. The van der Waals surface area contributed by atoms with Crippen LogP contribution in [0.15, 0.2) is 10.2 Å². The summed E-state index contributed by atoms with van der Waals surface area (Å²) in [5.74, 6) is 6.87. The number of rotatable bonds is 3. The van der Waals surface area contributed by atoms with Crippen molar-refractivity contribution in [1.82, 2.24) is 30.2 Å². The highest BCUT2D eigenvalue weighted by Gasteiger charge is 2.22. The number of tetrazole rings is 1. The van der Waals surface area contributed by atoms with Gasteiger partial charge in [-0.3, -0.25) is 0 Å². The van der Waals surface area contributed by atoms with Crippen LogP contribution in [0.1, 0.15) is 32.2 Å². The summed E-state index contributed by atoms with van der Waals surface area (Å²) in [6, 6.07) is 0. The number of aryl methyl sites for hydroxylation is 1. The molecule has 0 aromatic carbocycles. The maximum absolute atomic E-state index is 5.54. The minimum Gasteiger partial charge on any atom is -0.308 e. The van der Waals surface area contributed by atoms with E-state index in [1.165, 1.54) is 11.8 Å². The zero-order valence-corrected chi connectivity index (χ0v) is 13.0. The van der Waals surface area contributed by atoms with E-state index < -0.39 is 0 Å². The van der Waals surface area contributed by atoms with Crippen LogP contribution < -0.4 is 11.3 Å². The van der Waals surface area contributed by atoms with Crippen molar-refractivity contribution in [2.24, 2.45) is 12.9 Å². The van der Waals surface area contributed by atoms with Crippen LogP contribution in [0.4, 0.5) is 5.82 Å². The largest absolute Gasteiger partial charge is 0.308 e. The molecule has 0 unspecified atom stereocenters. The lowest BCUT2D eigenvalue weighted by Gasteiger charge is -2.19. The van der Waals surface area contributed by atoms with Crippen molar-refractivity contribution < 1.29 is 0 Å². The van der Waals surface area contributed by atoms with Crippen molar-refractivity contribution >= 4 is 17.6 Å². The van der Waals surface area contributed by atoms with Crippen LogP contribution in [0, 0.1) is 6.92 Å². The summed E-state index contributed by atoms with van der Waals surface area (Å²) in [7, 11) is 1.78. The molecule has 2 aromatic rings. The Labute approximate surface area is 121 Å². The van der Waals surface area contributed by atoms with E-state index in [1.54, 1.807) is 11.7 Å². The number of hydrogen-bond donors (Lipinski definition) is 2. The first-order chi connectivity index (χ1) is 9.32. The number of hydrogen-bond acceptors (Lipinski definition) is 8. The van der Waals surface area contributed by atoms with Gasteiger partial charge in [-0.2, -0.15) is 0 Å². The second-order valence-electron chi connectivity index (χ2n) is 5.41. The normalized spacial score (nSPS) is 11.7. The Balaban J connectivity index is 2.48. The molecular weight excluding hydrogens is 276 g/mol. The van der Waals surface area contributed by atoms with Gasteiger partial charge in [0.05, 0.1) is 0 Å². The average Bonchev–Trinajstić information content (AvgIpc) is 2.76. The molecule has 0 radical (unpaired) electrons. The smallest absolute Gasteiger partial charge is 0.215 e. The fourth-order valence-corrected chi connectivity index (χ4v) is 2.27. The number of nitrogen functional groups attached to an aromatic ring is 1. The summed E-state index contributed by atoms with van der Waals surface area (Å²) in [6.07, 6.45) is 0. The Hall–Kier alpha value is -1.74. The summed E-state index contributed by atoms with van der Waals surface area (Å²) in [5, 5.41) is 12.8. The number of nitrogens with one attached hydrogen (secondary N) is 1. The van der Waals surface area contributed by atoms with Crippen LogP contribution in [0.5, 0.6) is 0 Å². The molecule has 2 heterocycles. The van der Waals surface area contributed by atoms with Crippen molar-refractivity contribution in [3.05, 3.63) is 11.4 Å². The number of nitrogens with zero attached hydrogens (tertiary/aromatic N) is 6. The fraction of sp³-hybridized carbons (Fsp3) is 0.545. The van der Waals surface area contributed by atoms with Crippen LogP contribution in [0.3, 0.4) is 0 Å². The molecule has 0 amide bonds. The summed E-state index contributed by atoms with van der Waals surface area (Å²) in [6.45, 7) is 8.07. The molecule has 20 heavy (non-hydrogen) atoms. The van der Waals surface area contributed by atoms with Crippen LogP contribution in [0.2, 0.25) is 0 Å². The highest BCUT2D eigenvalue weighted by Crippen LogP contribution is 2.31. The minimum atomic E-state index is -0.174. The van der Waals surface area contributed by atoms with Gasteiger partial charge in [0.1, 0.15) is 16.7 Å². The molecule has 108 valence electrons. The van der Waals surface area contributed by atoms with Gasteiger partial charge >= 0.3 is 0 Å². The molecule has 8 nitrogen and oxygen atoms in total. The van der Waals surface area contributed by atoms with Crippen LogP contribution >= 0.6 is 11.8 Å². The van der Waals surface area contributed by atoms with Crippen molar-refractivity contribution in [1.29, 1.82) is 0 Å². The van der Waals surface area contributed by atoms with Crippen molar-refractivity contribution in [2.45, 2.75) is 43.3 Å². The van der Waals surface area contributed by atoms with Gasteiger partial charge in [0.25, 0.3) is 0 Å². The van der Waals surface area contributed by atoms with Gasteiger partial charge in [0, 0.05) is 18.0 Å². The van der Waals surface area contributed by atoms with E-state index in [4.69, 9.17) is 5.84 Å². The summed E-state index contributed by atoms with van der Waals surface area (Å²) in [4.78, 5) is 9.07. The third-order valence-electron chi connectivity index (χ3n) is 2.68. The molecule has 0 fully saturated rings. The highest BCUT2D eigenvalue weighted by molar-refractivity contribution is 7.99. The Morgan fingerprint density at radius 1 is 1.25 bits per heavy atom. The van der Waals surface area contributed by atoms with Gasteiger partial charge < -0.3 is 5.43 Å². The standard InChI is InChI=1S/C11H18N8S/c1-6-7(15-12)13-9(11(2,3)4)14-8(6)20-10-16-17-18-19(10)5/h12H2,1-5H3,(H,13,14,15). The topological polar surface area (TPSA) is 107 Å². The predicted octanol–water partition coefficient (Wildman–Crippen LogP) is 1.04. The lowest BCUT2D eigenvalue weighted by atomic mass is 9.95. The van der Waals surface area contributed by atoms with Crippen LogP contribution in [-0.4, -0.2) is 30.2 Å². The van der Waals surface area contributed by atoms with E-state index in [2.05, 4.69) is 51.7 Å². The number of anilines is 1. The van der Waals surface area contributed by atoms with E-state index in [0.717, 1.165) is 10.6 Å². The molecule has 9 heteroatoms. The second kappa shape index (κ2) is 5.33. The molecule has 0 aliphatic rings. The van der Waals surface area contributed by atoms with Crippen LogP contribution in [0.25, 0.3) is 0 Å². The summed E-state index contributed by atoms with van der Waals surface area (Å²) in [5.41, 5.74) is 3.31. The van der Waals surface area contributed by atoms with Crippen molar-refractivity contribution in [3.63, 3.8) is 0 Å². The van der Waals surface area contributed by atoms with Gasteiger partial charge in [-0.15, -0.1) is 5.10 Å². The number of aromatic nitrogens is 6. The molecule has 0 atom stereocenters. The molecule has 2 rings (SSSR count). The number of hydrazine groups is 1. The molecule has 3 N–H and O–H groups in total. The van der Waals surface area contributed by atoms with Gasteiger partial charge in [0.15, 0.2) is 0 Å². The predicted molar refractivity (Wildman–Crippen MR) is 76.2 cm³/mol. The quantitative estimate of drug-likeness (QED) is 0.491. The van der Waals surface area contributed by atoms with Gasteiger partial charge in [0.2, 0.25) is 5.16 Å². The third kappa shape index (κ3) is 2.88. The molecule has 0 saturated carbocycles. The van der Waals surface area contributed by atoms with Gasteiger partial charge in [-0.05, 0) is 29.1 Å². The molecule has 2 aromatic heterocycles. The second-order valence-corrected chi connectivity index (χ2v) is 6.36. The monoisotopic (exact) mass is 294 g/mol. The summed E-state index contributed by atoms with van der Waals surface area (Å²) >= 11 is 1.39. The number of nitrogens with two attached hydrogens (primary N) is 1. The first-order valence-corrected chi connectivity index (χ1v) is 6.90.